The quantitative estimate of drug-likeness (QED) is 0.208. The van der Waals surface area contributed by atoms with E-state index in [1.165, 1.54) is 13.3 Å². The van der Waals surface area contributed by atoms with E-state index < -0.39 is 10.0 Å². The normalized spacial score (nSPS) is 11.5. The van der Waals surface area contributed by atoms with Crippen LogP contribution >= 0.6 is 0 Å². The van der Waals surface area contributed by atoms with Crippen LogP contribution in [-0.2, 0) is 10.0 Å². The van der Waals surface area contributed by atoms with Crippen LogP contribution in [0.15, 0.2) is 101 Å². The van der Waals surface area contributed by atoms with E-state index in [0.29, 0.717) is 28.1 Å². The topological polar surface area (TPSA) is 127 Å². The van der Waals surface area contributed by atoms with Gasteiger partial charge in [0.15, 0.2) is 0 Å². The number of hydrogen-bond acceptors (Lipinski definition) is 6. The number of anilines is 1. The first-order chi connectivity index (χ1) is 16.9. The van der Waals surface area contributed by atoms with Gasteiger partial charge in [0, 0.05) is 23.0 Å². The number of nitrogens with one attached hydrogen (secondary N) is 2. The number of hydrazone groups is 1. The first-order valence-corrected chi connectivity index (χ1v) is 12.1. The lowest BCUT2D eigenvalue weighted by molar-refractivity contribution is 0.102. The van der Waals surface area contributed by atoms with E-state index >= 15 is 0 Å². The zero-order chi connectivity index (χ0) is 24.8. The number of rotatable bonds is 7. The molecule has 0 radical (unpaired) electrons. The van der Waals surface area contributed by atoms with Gasteiger partial charge in [0.1, 0.15) is 0 Å². The van der Waals surface area contributed by atoms with Gasteiger partial charge in [0.05, 0.1) is 22.4 Å². The largest absolute Gasteiger partial charge is 0.323 e. The van der Waals surface area contributed by atoms with E-state index in [4.69, 9.17) is 5.84 Å². The van der Waals surface area contributed by atoms with Gasteiger partial charge in [-0.2, -0.15) is 5.10 Å². The molecule has 4 rings (SSSR count). The molecule has 176 valence electrons. The molecule has 4 N–H and O–H groups in total. The number of sulfonamides is 1. The lowest BCUT2D eigenvalue weighted by atomic mass is 10.0. The average molecular weight is 486 g/mol. The number of hydrogen-bond donors (Lipinski definition) is 3. The lowest BCUT2D eigenvalue weighted by Crippen LogP contribution is -2.19. The van der Waals surface area contributed by atoms with Crippen LogP contribution in [0.1, 0.15) is 15.9 Å². The molecular formula is C26H23N5O3S. The van der Waals surface area contributed by atoms with Gasteiger partial charge in [-0.05, 0) is 54.6 Å². The summed E-state index contributed by atoms with van der Waals surface area (Å²) in [6.07, 6.45) is 3.15. The average Bonchev–Trinajstić information content (AvgIpc) is 2.89. The summed E-state index contributed by atoms with van der Waals surface area (Å²) in [7, 11) is -2.25. The molecule has 0 aliphatic heterocycles. The highest BCUT2D eigenvalue weighted by Gasteiger charge is 2.18. The lowest BCUT2D eigenvalue weighted by Gasteiger charge is -2.12. The number of benzene rings is 3. The fourth-order valence-corrected chi connectivity index (χ4v) is 4.60. The Morgan fingerprint density at radius 1 is 0.943 bits per heavy atom. The molecule has 0 fully saturated rings. The minimum absolute atomic E-state index is 0.182. The van der Waals surface area contributed by atoms with Crippen molar-refractivity contribution in [2.24, 2.45) is 10.9 Å². The Morgan fingerprint density at radius 2 is 1.71 bits per heavy atom. The van der Waals surface area contributed by atoms with Gasteiger partial charge in [-0.1, -0.05) is 48.5 Å². The minimum Gasteiger partial charge on any atom is -0.323 e. The molecule has 0 bridgehead atoms. The molecule has 3 aromatic carbocycles. The van der Waals surface area contributed by atoms with Crippen molar-refractivity contribution in [3.8, 4) is 22.4 Å². The van der Waals surface area contributed by atoms with Gasteiger partial charge in [0.25, 0.3) is 5.91 Å². The summed E-state index contributed by atoms with van der Waals surface area (Å²) in [5.41, 5.74) is 4.31. The van der Waals surface area contributed by atoms with Gasteiger partial charge >= 0.3 is 0 Å². The van der Waals surface area contributed by atoms with E-state index in [0.717, 1.165) is 11.1 Å². The van der Waals surface area contributed by atoms with Crippen molar-refractivity contribution in [2.75, 3.05) is 12.4 Å². The fraction of sp³-hybridized carbons (Fsp3) is 0.0385. The Labute approximate surface area is 203 Å². The number of nitrogens with zero attached hydrogens (tertiary/aromatic N) is 2. The second-order valence-corrected chi connectivity index (χ2v) is 9.39. The summed E-state index contributed by atoms with van der Waals surface area (Å²) in [6, 6.07) is 24.5. The molecular weight excluding hydrogens is 462 g/mol. The number of carbonyl (C=O) groups is 1. The highest BCUT2D eigenvalue weighted by atomic mass is 32.2. The fourth-order valence-electron chi connectivity index (χ4n) is 3.65. The van der Waals surface area contributed by atoms with Gasteiger partial charge < -0.3 is 11.2 Å². The Bertz CT molecular complexity index is 1500. The second-order valence-electron chi connectivity index (χ2n) is 7.54. The first kappa shape index (κ1) is 23.8. The summed E-state index contributed by atoms with van der Waals surface area (Å²) in [6.45, 7) is 0. The number of amides is 1. The molecule has 9 heteroatoms. The highest BCUT2D eigenvalue weighted by molar-refractivity contribution is 7.89. The minimum atomic E-state index is -3.62. The van der Waals surface area contributed by atoms with Crippen molar-refractivity contribution >= 4 is 27.8 Å². The molecule has 1 aromatic heterocycles. The third-order valence-corrected chi connectivity index (χ3v) is 6.81. The molecule has 0 aliphatic rings. The first-order valence-electron chi connectivity index (χ1n) is 10.7. The predicted molar refractivity (Wildman–Crippen MR) is 138 cm³/mol. The maximum Gasteiger partial charge on any atom is 0.257 e. The van der Waals surface area contributed by atoms with E-state index in [-0.39, 0.29) is 10.8 Å². The van der Waals surface area contributed by atoms with Crippen molar-refractivity contribution in [2.45, 2.75) is 4.90 Å². The van der Waals surface area contributed by atoms with Crippen LogP contribution in [0.25, 0.3) is 22.4 Å². The SMILES string of the molecule is CNS(=O)(=O)c1ccccc1-c1ccc(NC(=O)c2cccnc2-c2cccc(C=NN)c2)cc1. The summed E-state index contributed by atoms with van der Waals surface area (Å²) < 4.78 is 27.1. The maximum absolute atomic E-state index is 13.1. The summed E-state index contributed by atoms with van der Waals surface area (Å²) in [5, 5.41) is 6.43. The molecule has 1 amide bonds. The monoisotopic (exact) mass is 485 g/mol. The molecule has 35 heavy (non-hydrogen) atoms. The Morgan fingerprint density at radius 3 is 2.46 bits per heavy atom. The zero-order valence-corrected chi connectivity index (χ0v) is 19.7. The van der Waals surface area contributed by atoms with E-state index in [2.05, 4.69) is 20.1 Å². The van der Waals surface area contributed by atoms with Crippen molar-refractivity contribution in [1.29, 1.82) is 0 Å². The van der Waals surface area contributed by atoms with Crippen LogP contribution < -0.4 is 15.9 Å². The van der Waals surface area contributed by atoms with Crippen LogP contribution in [0.2, 0.25) is 0 Å². The smallest absolute Gasteiger partial charge is 0.257 e. The Hall–Kier alpha value is -4.34. The zero-order valence-electron chi connectivity index (χ0n) is 18.8. The van der Waals surface area contributed by atoms with Crippen molar-refractivity contribution in [3.63, 3.8) is 0 Å². The van der Waals surface area contributed by atoms with Gasteiger partial charge in [-0.25, -0.2) is 13.1 Å². The number of nitrogens with two attached hydrogens (primary N) is 1. The molecule has 0 spiro atoms. The maximum atomic E-state index is 13.1. The predicted octanol–water partition coefficient (Wildman–Crippen LogP) is 3.87. The molecule has 1 heterocycles. The van der Waals surface area contributed by atoms with Crippen molar-refractivity contribution in [3.05, 3.63) is 102 Å². The number of carbonyl (C=O) groups excluding carboxylic acids is 1. The van der Waals surface area contributed by atoms with Crippen molar-refractivity contribution in [1.82, 2.24) is 9.71 Å². The van der Waals surface area contributed by atoms with Crippen LogP contribution in [0.5, 0.6) is 0 Å². The third kappa shape index (κ3) is 5.26. The van der Waals surface area contributed by atoms with Crippen LogP contribution in [0.4, 0.5) is 5.69 Å². The molecule has 0 aliphatic carbocycles. The molecule has 0 atom stereocenters. The third-order valence-electron chi connectivity index (χ3n) is 5.34. The molecule has 8 nitrogen and oxygen atoms in total. The standard InChI is InChI=1S/C26H23N5O3S/c1-28-35(33,34)24-10-3-2-8-22(24)19-11-13-21(14-12-19)31-26(32)23-9-5-15-29-25(23)20-7-4-6-18(16-20)17-30-27/h2-17,28H,27H2,1H3,(H,31,32). The molecule has 0 unspecified atom stereocenters. The van der Waals surface area contributed by atoms with E-state index in [9.17, 15) is 13.2 Å². The van der Waals surface area contributed by atoms with Gasteiger partial charge in [-0.3, -0.25) is 9.78 Å². The molecule has 4 aromatic rings. The molecule has 0 saturated carbocycles. The summed E-state index contributed by atoms with van der Waals surface area (Å²) in [5.74, 6) is 4.93. The number of aromatic nitrogens is 1. The van der Waals surface area contributed by atoms with Crippen LogP contribution in [0.3, 0.4) is 0 Å². The van der Waals surface area contributed by atoms with Gasteiger partial charge in [0.2, 0.25) is 10.0 Å². The van der Waals surface area contributed by atoms with E-state index in [1.807, 2.05) is 24.3 Å². The summed E-state index contributed by atoms with van der Waals surface area (Å²) in [4.78, 5) is 17.7. The van der Waals surface area contributed by atoms with Crippen molar-refractivity contribution < 1.29 is 13.2 Å². The van der Waals surface area contributed by atoms with Crippen LogP contribution in [0, 0.1) is 0 Å². The van der Waals surface area contributed by atoms with Gasteiger partial charge in [-0.15, -0.1) is 0 Å². The Kier molecular flexibility index (Phi) is 7.00. The van der Waals surface area contributed by atoms with Crippen LogP contribution in [-0.4, -0.2) is 32.6 Å². The molecule has 0 saturated heterocycles. The highest BCUT2D eigenvalue weighted by Crippen LogP contribution is 2.29. The van der Waals surface area contributed by atoms with E-state index in [1.54, 1.807) is 66.9 Å². The number of pyridine rings is 1. The Balaban J connectivity index is 1.60. The second kappa shape index (κ2) is 10.3. The summed E-state index contributed by atoms with van der Waals surface area (Å²) >= 11 is 0.